The van der Waals surface area contributed by atoms with Gasteiger partial charge in [-0.05, 0) is 12.8 Å². The van der Waals surface area contributed by atoms with Crippen LogP contribution in [0.25, 0.3) is 0 Å². The zero-order chi connectivity index (χ0) is 17.0. The summed E-state index contributed by atoms with van der Waals surface area (Å²) in [7, 11) is 0. The van der Waals surface area contributed by atoms with Crippen molar-refractivity contribution in [3.05, 3.63) is 0 Å². The molecule has 1 unspecified atom stereocenters. The lowest BCUT2D eigenvalue weighted by Gasteiger charge is -2.23. The number of hydrogen-bond donors (Lipinski definition) is 0. The van der Waals surface area contributed by atoms with Crippen molar-refractivity contribution in [1.82, 2.24) is 0 Å². The maximum atomic E-state index is 12.2. The van der Waals surface area contributed by atoms with Crippen LogP contribution in [0.15, 0.2) is 0 Å². The van der Waals surface area contributed by atoms with Crippen molar-refractivity contribution in [2.45, 2.75) is 110 Å². The Balaban J connectivity index is 2.28. The molecule has 1 atom stereocenters. The van der Waals surface area contributed by atoms with E-state index in [1.807, 2.05) is 0 Å². The number of unbranched alkanes of at least 4 members (excludes halogenated alkanes) is 10. The predicted octanol–water partition coefficient (Wildman–Crippen LogP) is 5.95. The Morgan fingerprint density at radius 3 is 1.61 bits per heavy atom. The highest BCUT2D eigenvalue weighted by molar-refractivity contribution is 5.97. The van der Waals surface area contributed by atoms with Crippen LogP contribution in [-0.2, 0) is 14.3 Å². The SMILES string of the molecule is CCCCCCCCCCC1(CCCCCC)CC(=O)OC1=O. The fraction of sp³-hybridized carbons (Fsp3) is 0.900. The Morgan fingerprint density at radius 2 is 1.17 bits per heavy atom. The van der Waals surface area contributed by atoms with Gasteiger partial charge < -0.3 is 4.74 Å². The van der Waals surface area contributed by atoms with E-state index in [0.29, 0.717) is 6.42 Å². The van der Waals surface area contributed by atoms with Crippen molar-refractivity contribution in [3.8, 4) is 0 Å². The third kappa shape index (κ3) is 7.50. The fourth-order valence-electron chi connectivity index (χ4n) is 3.59. The highest BCUT2D eigenvalue weighted by Gasteiger charge is 2.47. The lowest BCUT2D eigenvalue weighted by Crippen LogP contribution is -2.26. The number of hydrogen-bond acceptors (Lipinski definition) is 3. The molecule has 1 fully saturated rings. The van der Waals surface area contributed by atoms with Gasteiger partial charge in [0.2, 0.25) is 0 Å². The van der Waals surface area contributed by atoms with Gasteiger partial charge in [0.15, 0.2) is 0 Å². The average Bonchev–Trinajstić information content (AvgIpc) is 2.81. The summed E-state index contributed by atoms with van der Waals surface area (Å²) in [4.78, 5) is 23.7. The molecule has 1 aliphatic heterocycles. The van der Waals surface area contributed by atoms with E-state index in [9.17, 15) is 9.59 Å². The van der Waals surface area contributed by atoms with E-state index < -0.39 is 5.41 Å². The highest BCUT2D eigenvalue weighted by Crippen LogP contribution is 2.41. The first-order valence-electron chi connectivity index (χ1n) is 9.89. The number of rotatable bonds is 14. The van der Waals surface area contributed by atoms with Crippen molar-refractivity contribution < 1.29 is 14.3 Å². The van der Waals surface area contributed by atoms with Crippen LogP contribution in [0.4, 0.5) is 0 Å². The fourth-order valence-corrected chi connectivity index (χ4v) is 3.59. The van der Waals surface area contributed by atoms with Gasteiger partial charge in [0, 0.05) is 0 Å². The first-order valence-corrected chi connectivity index (χ1v) is 9.89. The van der Waals surface area contributed by atoms with Crippen LogP contribution in [0.3, 0.4) is 0 Å². The van der Waals surface area contributed by atoms with Crippen LogP contribution >= 0.6 is 0 Å². The summed E-state index contributed by atoms with van der Waals surface area (Å²) in [6.45, 7) is 4.42. The Kier molecular flexibility index (Phi) is 10.2. The molecule has 0 aliphatic carbocycles. The van der Waals surface area contributed by atoms with E-state index in [2.05, 4.69) is 13.8 Å². The van der Waals surface area contributed by atoms with Gasteiger partial charge in [0.05, 0.1) is 11.8 Å². The van der Waals surface area contributed by atoms with Gasteiger partial charge in [0.1, 0.15) is 0 Å². The summed E-state index contributed by atoms with van der Waals surface area (Å²) < 4.78 is 4.88. The molecule has 1 aliphatic rings. The summed E-state index contributed by atoms with van der Waals surface area (Å²) >= 11 is 0. The van der Waals surface area contributed by atoms with Crippen LogP contribution in [-0.4, -0.2) is 11.9 Å². The topological polar surface area (TPSA) is 43.4 Å². The van der Waals surface area contributed by atoms with Crippen molar-refractivity contribution in [2.24, 2.45) is 5.41 Å². The van der Waals surface area contributed by atoms with Crippen LogP contribution in [0.1, 0.15) is 110 Å². The zero-order valence-electron chi connectivity index (χ0n) is 15.3. The van der Waals surface area contributed by atoms with Crippen LogP contribution < -0.4 is 0 Å². The van der Waals surface area contributed by atoms with Crippen molar-refractivity contribution in [1.29, 1.82) is 0 Å². The van der Waals surface area contributed by atoms with Crippen LogP contribution in [0, 0.1) is 5.41 Å². The monoisotopic (exact) mass is 324 g/mol. The van der Waals surface area contributed by atoms with E-state index in [1.165, 1.54) is 57.8 Å². The maximum absolute atomic E-state index is 12.2. The minimum Gasteiger partial charge on any atom is -0.393 e. The van der Waals surface area contributed by atoms with Gasteiger partial charge in [-0.1, -0.05) is 90.9 Å². The van der Waals surface area contributed by atoms with E-state index in [-0.39, 0.29) is 11.9 Å². The second-order valence-electron chi connectivity index (χ2n) is 7.25. The molecule has 0 saturated carbocycles. The number of esters is 2. The lowest BCUT2D eigenvalue weighted by atomic mass is 9.76. The third-order valence-corrected chi connectivity index (χ3v) is 5.14. The van der Waals surface area contributed by atoms with Gasteiger partial charge in [-0.2, -0.15) is 0 Å². The van der Waals surface area contributed by atoms with E-state index in [0.717, 1.165) is 32.1 Å². The molecule has 0 spiro atoms. The summed E-state index contributed by atoms with van der Waals surface area (Å²) in [6, 6.07) is 0. The second-order valence-corrected chi connectivity index (χ2v) is 7.25. The Hall–Kier alpha value is -0.860. The lowest BCUT2D eigenvalue weighted by molar-refractivity contribution is -0.155. The Bertz CT molecular complexity index is 351. The summed E-state index contributed by atoms with van der Waals surface area (Å²) in [6.07, 6.45) is 16.6. The van der Waals surface area contributed by atoms with Gasteiger partial charge in [-0.15, -0.1) is 0 Å². The molecule has 1 saturated heterocycles. The number of ether oxygens (including phenoxy) is 1. The van der Waals surface area contributed by atoms with Gasteiger partial charge in [-0.3, -0.25) is 9.59 Å². The maximum Gasteiger partial charge on any atom is 0.320 e. The van der Waals surface area contributed by atoms with Crippen molar-refractivity contribution in [2.75, 3.05) is 0 Å². The summed E-state index contributed by atoms with van der Waals surface area (Å²) in [5.74, 6) is -0.563. The molecule has 0 amide bonds. The molecule has 0 aromatic heterocycles. The molecule has 0 N–H and O–H groups in total. The number of carbonyl (C=O) groups excluding carboxylic acids is 2. The molecule has 134 valence electrons. The van der Waals surface area contributed by atoms with E-state index >= 15 is 0 Å². The minimum absolute atomic E-state index is 0.248. The summed E-state index contributed by atoms with van der Waals surface area (Å²) in [5, 5.41) is 0. The third-order valence-electron chi connectivity index (χ3n) is 5.14. The second kappa shape index (κ2) is 11.6. The van der Waals surface area contributed by atoms with E-state index in [1.54, 1.807) is 0 Å². The molecule has 1 rings (SSSR count). The molecule has 23 heavy (non-hydrogen) atoms. The van der Waals surface area contributed by atoms with Crippen LogP contribution in [0.5, 0.6) is 0 Å². The Morgan fingerprint density at radius 1 is 0.739 bits per heavy atom. The molecule has 3 nitrogen and oxygen atoms in total. The number of carbonyl (C=O) groups is 2. The first kappa shape index (κ1) is 20.2. The molecule has 0 radical (unpaired) electrons. The number of cyclic esters (lactones) is 2. The molecule has 3 heteroatoms. The molecule has 1 heterocycles. The molecular weight excluding hydrogens is 288 g/mol. The van der Waals surface area contributed by atoms with Crippen molar-refractivity contribution in [3.63, 3.8) is 0 Å². The smallest absolute Gasteiger partial charge is 0.320 e. The molecular formula is C20H36O3. The minimum atomic E-state index is -0.493. The normalized spacial score (nSPS) is 21.0. The zero-order valence-corrected chi connectivity index (χ0v) is 15.3. The van der Waals surface area contributed by atoms with Crippen molar-refractivity contribution >= 4 is 11.9 Å². The van der Waals surface area contributed by atoms with Crippen LogP contribution in [0.2, 0.25) is 0 Å². The average molecular weight is 325 g/mol. The van der Waals surface area contributed by atoms with Gasteiger partial charge in [-0.25, -0.2) is 0 Å². The first-order chi connectivity index (χ1) is 11.1. The van der Waals surface area contributed by atoms with E-state index in [4.69, 9.17) is 4.74 Å². The largest absolute Gasteiger partial charge is 0.393 e. The highest BCUT2D eigenvalue weighted by atomic mass is 16.6. The quantitative estimate of drug-likeness (QED) is 0.225. The molecule has 0 aromatic rings. The molecule has 0 bridgehead atoms. The van der Waals surface area contributed by atoms with Gasteiger partial charge in [0.25, 0.3) is 0 Å². The van der Waals surface area contributed by atoms with Gasteiger partial charge >= 0.3 is 11.9 Å². The predicted molar refractivity (Wildman–Crippen MR) is 94.1 cm³/mol. The molecule has 0 aromatic carbocycles. The summed E-state index contributed by atoms with van der Waals surface area (Å²) in [5.41, 5.74) is -0.493. The Labute approximate surface area is 142 Å². The standard InChI is InChI=1S/C20H36O3/c1-3-5-7-9-10-11-12-14-16-20(15-13-8-6-4-2)17-18(21)23-19(20)22/h3-17H2,1-2H3.